The van der Waals surface area contributed by atoms with Gasteiger partial charge in [-0.05, 0) is 60.5 Å². The largest absolute Gasteiger partial charge is 0.466 e. The second kappa shape index (κ2) is 14.3. The highest BCUT2D eigenvalue weighted by Crippen LogP contribution is 2.32. The van der Waals surface area contributed by atoms with Gasteiger partial charge in [0.2, 0.25) is 11.8 Å². The second-order valence-corrected chi connectivity index (χ2v) is 10.8. The third kappa shape index (κ3) is 10.3. The first-order chi connectivity index (χ1) is 17.2. The number of alkyl carbamates (subject to hydrolysis) is 1. The monoisotopic (exact) mass is 537 g/mol. The van der Waals surface area contributed by atoms with Gasteiger partial charge in [-0.1, -0.05) is 36.8 Å². The summed E-state index contributed by atoms with van der Waals surface area (Å²) in [6.45, 7) is 14.7. The van der Waals surface area contributed by atoms with E-state index in [2.05, 4.69) is 23.3 Å². The highest BCUT2D eigenvalue weighted by Gasteiger charge is 2.42. The van der Waals surface area contributed by atoms with E-state index in [1.165, 1.54) is 4.90 Å². The minimum Gasteiger partial charge on any atom is -0.466 e. The van der Waals surface area contributed by atoms with Crippen molar-refractivity contribution < 1.29 is 28.7 Å². The minimum absolute atomic E-state index is 0.000610. The van der Waals surface area contributed by atoms with Gasteiger partial charge in [0.05, 0.1) is 13.0 Å². The zero-order chi connectivity index (χ0) is 28.4. The first-order valence-corrected chi connectivity index (χ1v) is 13.2. The van der Waals surface area contributed by atoms with E-state index in [1.807, 2.05) is 45.9 Å². The molecule has 3 amide bonds. The average Bonchev–Trinajstić information content (AvgIpc) is 2.79. The number of ether oxygens (including phenoxy) is 2. The molecule has 1 aromatic rings. The summed E-state index contributed by atoms with van der Waals surface area (Å²) in [6, 6.07) is 5.29. The lowest BCUT2D eigenvalue weighted by Gasteiger charge is -2.44. The van der Waals surface area contributed by atoms with E-state index in [4.69, 9.17) is 9.47 Å². The molecule has 0 aliphatic rings. The van der Waals surface area contributed by atoms with Crippen molar-refractivity contribution in [2.24, 2.45) is 0 Å². The third-order valence-electron chi connectivity index (χ3n) is 5.72. The fourth-order valence-electron chi connectivity index (χ4n) is 3.62. The molecule has 0 heterocycles. The lowest BCUT2D eigenvalue weighted by atomic mass is 9.91. The maximum absolute atomic E-state index is 14.0. The predicted molar refractivity (Wildman–Crippen MR) is 146 cm³/mol. The predicted octanol–water partition coefficient (Wildman–Crippen LogP) is 3.95. The Kier molecular flexibility index (Phi) is 12.4. The van der Waals surface area contributed by atoms with Crippen molar-refractivity contribution in [1.29, 1.82) is 0 Å². The van der Waals surface area contributed by atoms with Crippen molar-refractivity contribution in [2.45, 2.75) is 91.5 Å². The molecule has 0 aliphatic carbocycles. The van der Waals surface area contributed by atoms with E-state index in [-0.39, 0.29) is 25.3 Å². The summed E-state index contributed by atoms with van der Waals surface area (Å²) in [6.07, 6.45) is -0.215. The Labute approximate surface area is 226 Å². The van der Waals surface area contributed by atoms with Crippen LogP contribution in [0.1, 0.15) is 78.5 Å². The Morgan fingerprint density at radius 2 is 1.73 bits per heavy atom. The van der Waals surface area contributed by atoms with Crippen molar-refractivity contribution >= 4 is 36.5 Å². The standard InChI is InChI=1S/C27H43N3O6S/c1-9-27(7,8)30(24(33)20(17-37)29-25(34)36-26(4,5)6)22(19-13-11-12-18(3)16-19)23(32)28-15-14-21(31)35-10-2/h11-13,16,20,22,37H,9-10,14-15,17H2,1-8H3,(H,28,32)(H,29,34). The number of nitrogens with one attached hydrogen (secondary N) is 2. The quantitative estimate of drug-likeness (QED) is 0.275. The van der Waals surface area contributed by atoms with Gasteiger partial charge >= 0.3 is 12.1 Å². The van der Waals surface area contributed by atoms with Gasteiger partial charge in [-0.3, -0.25) is 14.4 Å². The van der Waals surface area contributed by atoms with Gasteiger partial charge in [0.25, 0.3) is 0 Å². The van der Waals surface area contributed by atoms with Gasteiger partial charge in [0.15, 0.2) is 0 Å². The smallest absolute Gasteiger partial charge is 0.408 e. The number of benzene rings is 1. The van der Waals surface area contributed by atoms with Crippen LogP contribution in [-0.2, 0) is 23.9 Å². The minimum atomic E-state index is -1.04. The number of esters is 1. The van der Waals surface area contributed by atoms with Crippen LogP contribution in [0.25, 0.3) is 0 Å². The van der Waals surface area contributed by atoms with E-state index in [1.54, 1.807) is 33.8 Å². The molecule has 0 bridgehead atoms. The number of amides is 3. The van der Waals surface area contributed by atoms with Crippen LogP contribution in [0.2, 0.25) is 0 Å². The molecule has 208 valence electrons. The van der Waals surface area contributed by atoms with Crippen molar-refractivity contribution in [3.05, 3.63) is 35.4 Å². The normalized spacial score (nSPS) is 13.2. The van der Waals surface area contributed by atoms with Crippen LogP contribution >= 0.6 is 12.6 Å². The lowest BCUT2D eigenvalue weighted by molar-refractivity contribution is -0.149. The van der Waals surface area contributed by atoms with Crippen LogP contribution in [0, 0.1) is 6.92 Å². The van der Waals surface area contributed by atoms with Gasteiger partial charge in [0, 0.05) is 17.8 Å². The zero-order valence-corrected chi connectivity index (χ0v) is 24.2. The summed E-state index contributed by atoms with van der Waals surface area (Å²) < 4.78 is 10.3. The Morgan fingerprint density at radius 3 is 2.24 bits per heavy atom. The van der Waals surface area contributed by atoms with Gasteiger partial charge in [0.1, 0.15) is 17.7 Å². The summed E-state index contributed by atoms with van der Waals surface area (Å²) in [5, 5.41) is 5.39. The molecule has 0 aromatic heterocycles. The van der Waals surface area contributed by atoms with Crippen LogP contribution < -0.4 is 10.6 Å². The summed E-state index contributed by atoms with van der Waals surface area (Å²) in [4.78, 5) is 53.4. The van der Waals surface area contributed by atoms with E-state index in [0.717, 1.165) is 5.56 Å². The fourth-order valence-corrected chi connectivity index (χ4v) is 3.87. The molecular weight excluding hydrogens is 494 g/mol. The molecule has 37 heavy (non-hydrogen) atoms. The molecular formula is C27H43N3O6S. The number of thiol groups is 1. The van der Waals surface area contributed by atoms with Gasteiger partial charge in [-0.15, -0.1) is 0 Å². The summed E-state index contributed by atoms with van der Waals surface area (Å²) in [7, 11) is 0. The number of carbonyl (C=O) groups excluding carboxylic acids is 4. The SMILES string of the molecule is CCOC(=O)CCNC(=O)C(c1cccc(C)c1)N(C(=O)C(CS)NC(=O)OC(C)(C)C)C(C)(C)CC. The number of nitrogens with zero attached hydrogens (tertiary/aromatic N) is 1. The number of rotatable bonds is 12. The lowest BCUT2D eigenvalue weighted by Crippen LogP contribution is -2.60. The number of aryl methyl sites for hydroxylation is 1. The highest BCUT2D eigenvalue weighted by atomic mass is 32.1. The van der Waals surface area contributed by atoms with E-state index >= 15 is 0 Å². The maximum atomic E-state index is 14.0. The number of hydrogen-bond donors (Lipinski definition) is 3. The third-order valence-corrected chi connectivity index (χ3v) is 6.09. The molecule has 0 spiro atoms. The Balaban J connectivity index is 3.45. The maximum Gasteiger partial charge on any atom is 0.408 e. The van der Waals surface area contributed by atoms with Crippen LogP contribution in [0.3, 0.4) is 0 Å². The highest BCUT2D eigenvalue weighted by molar-refractivity contribution is 7.80. The molecule has 0 fully saturated rings. The molecule has 2 N–H and O–H groups in total. The Bertz CT molecular complexity index is 944. The van der Waals surface area contributed by atoms with Crippen molar-refractivity contribution in [3.63, 3.8) is 0 Å². The van der Waals surface area contributed by atoms with E-state index in [9.17, 15) is 19.2 Å². The first-order valence-electron chi connectivity index (χ1n) is 12.6. The average molecular weight is 538 g/mol. The Morgan fingerprint density at radius 1 is 1.08 bits per heavy atom. The molecule has 1 aromatic carbocycles. The van der Waals surface area contributed by atoms with Crippen LogP contribution in [0.15, 0.2) is 24.3 Å². The molecule has 2 unspecified atom stereocenters. The van der Waals surface area contributed by atoms with Crippen LogP contribution in [0.5, 0.6) is 0 Å². The van der Waals surface area contributed by atoms with Gasteiger partial charge < -0.3 is 25.0 Å². The first kappa shape index (κ1) is 32.3. The fraction of sp³-hybridized carbons (Fsp3) is 0.630. The second-order valence-electron chi connectivity index (χ2n) is 10.4. The summed E-state index contributed by atoms with van der Waals surface area (Å²) in [5.74, 6) is -1.34. The summed E-state index contributed by atoms with van der Waals surface area (Å²) >= 11 is 4.31. The van der Waals surface area contributed by atoms with Crippen molar-refractivity contribution in [3.8, 4) is 0 Å². The van der Waals surface area contributed by atoms with E-state index < -0.39 is 47.1 Å². The zero-order valence-electron chi connectivity index (χ0n) is 23.3. The molecule has 1 rings (SSSR count). The number of hydrogen-bond acceptors (Lipinski definition) is 7. The van der Waals surface area contributed by atoms with Crippen molar-refractivity contribution in [2.75, 3.05) is 18.9 Å². The number of carbonyl (C=O) groups is 4. The van der Waals surface area contributed by atoms with Gasteiger partial charge in [-0.25, -0.2) is 4.79 Å². The van der Waals surface area contributed by atoms with Crippen LogP contribution in [-0.4, -0.2) is 64.9 Å². The van der Waals surface area contributed by atoms with Crippen LogP contribution in [0.4, 0.5) is 4.79 Å². The molecule has 0 aliphatic heterocycles. The molecule has 10 heteroatoms. The molecule has 0 saturated carbocycles. The van der Waals surface area contributed by atoms with E-state index in [0.29, 0.717) is 12.0 Å². The van der Waals surface area contributed by atoms with Gasteiger partial charge in [-0.2, -0.15) is 12.6 Å². The summed E-state index contributed by atoms with van der Waals surface area (Å²) in [5.41, 5.74) is 0.000208. The molecule has 0 radical (unpaired) electrons. The Hall–Kier alpha value is -2.75. The molecule has 0 saturated heterocycles. The molecule has 9 nitrogen and oxygen atoms in total. The molecule has 2 atom stereocenters. The van der Waals surface area contributed by atoms with Crippen molar-refractivity contribution in [1.82, 2.24) is 15.5 Å². The topological polar surface area (TPSA) is 114 Å².